The number of methoxy groups -OCH3 is 2. The number of carbonyl (C=O) groups excluding carboxylic acids is 12. The number of alkyl halides is 2. The van der Waals surface area contributed by atoms with Crippen molar-refractivity contribution in [3.63, 3.8) is 0 Å². The van der Waals surface area contributed by atoms with Gasteiger partial charge in [-0.3, -0.25) is 62.5 Å². The van der Waals surface area contributed by atoms with Crippen LogP contribution in [0.4, 0.5) is 21.9 Å². The highest BCUT2D eigenvalue weighted by Gasteiger charge is 2.44. The van der Waals surface area contributed by atoms with Crippen LogP contribution in [-0.2, 0) is 89.2 Å². The zero-order chi connectivity index (χ0) is 84.6. The molecule has 11 atom stereocenters. The minimum absolute atomic E-state index is 0.00573. The molecule has 0 saturated carbocycles. The number of nitrogens with one attached hydrogen (secondary N) is 8. The lowest BCUT2D eigenvalue weighted by molar-refractivity contribution is -0.148. The minimum Gasteiger partial charge on any atom is -0.379 e. The van der Waals surface area contributed by atoms with Crippen LogP contribution in [-0.4, -0.2) is 252 Å². The van der Waals surface area contributed by atoms with Gasteiger partial charge in [-0.1, -0.05) is 136 Å². The van der Waals surface area contributed by atoms with Gasteiger partial charge in [0.1, 0.15) is 18.9 Å². The minimum atomic E-state index is -0.949. The van der Waals surface area contributed by atoms with E-state index >= 15 is 0 Å². The molecule has 30 nitrogen and oxygen atoms in total. The lowest BCUT2D eigenvalue weighted by atomic mass is 9.88. The summed E-state index contributed by atoms with van der Waals surface area (Å²) in [5.74, 6) is -6.06. The van der Waals surface area contributed by atoms with Crippen molar-refractivity contribution < 1.29 is 86.0 Å². The number of ketones is 3. The number of primary amides is 1. The average Bonchev–Trinajstić information content (AvgIpc) is 1.07. The van der Waals surface area contributed by atoms with Crippen LogP contribution in [0.5, 0.6) is 0 Å². The van der Waals surface area contributed by atoms with Gasteiger partial charge in [0.15, 0.2) is 17.3 Å². The summed E-state index contributed by atoms with van der Waals surface area (Å²) in [5.41, 5.74) is 8.36. The Bertz CT molecular complexity index is 3530. The number of halogens is 2. The van der Waals surface area contributed by atoms with Crippen molar-refractivity contribution in [3.8, 4) is 0 Å². The Labute approximate surface area is 689 Å². The predicted molar refractivity (Wildman–Crippen MR) is 444 cm³/mol. The van der Waals surface area contributed by atoms with E-state index in [1.54, 1.807) is 52.0 Å². The van der Waals surface area contributed by atoms with Crippen molar-refractivity contribution >= 4 is 120 Å². The first-order valence-corrected chi connectivity index (χ1v) is 41.7. The maximum Gasteiger partial charge on any atom is 0.312 e. The van der Waals surface area contributed by atoms with Gasteiger partial charge in [-0.2, -0.15) is 0 Å². The number of ether oxygens (including phenoxy) is 6. The van der Waals surface area contributed by atoms with E-state index in [4.69, 9.17) is 34.2 Å². The van der Waals surface area contributed by atoms with E-state index in [0.717, 1.165) is 11.1 Å². The Kier molecular flexibility index (Phi) is 45.7. The van der Waals surface area contributed by atoms with E-state index in [2.05, 4.69) is 74.4 Å². The average molecular weight is 1730 g/mol. The summed E-state index contributed by atoms with van der Waals surface area (Å²) >= 11 is 6.17. The highest BCUT2D eigenvalue weighted by molar-refractivity contribution is 9.09. The number of hydrogen-bond acceptors (Lipinski definition) is 20. The normalized spacial score (nSPS) is 15.6. The molecule has 32 heteroatoms. The molecule has 10 amide bonds. The first-order valence-electron chi connectivity index (χ1n) is 39.5. The van der Waals surface area contributed by atoms with Crippen LogP contribution < -0.4 is 48.3 Å². The number of likely N-dealkylation sites (N-methyl/N-ethyl adjacent to an activating group) is 2. The number of likely N-dealkylation sites (tertiary alicyclic amines) is 1. The zero-order valence-electron chi connectivity index (χ0n) is 69.0. The second-order valence-electron chi connectivity index (χ2n) is 30.1. The summed E-state index contributed by atoms with van der Waals surface area (Å²) in [7, 11) is 8.43. The summed E-state index contributed by atoms with van der Waals surface area (Å²) in [4.78, 5) is 167. The molecular formula is C82H126Br2N12O18. The van der Waals surface area contributed by atoms with Gasteiger partial charge < -0.3 is 81.6 Å². The van der Waals surface area contributed by atoms with Crippen molar-refractivity contribution in [1.82, 2.24) is 41.3 Å². The molecule has 0 bridgehead atoms. The Morgan fingerprint density at radius 3 is 1.79 bits per heavy atom. The quantitative estimate of drug-likeness (QED) is 0.0199. The molecule has 1 saturated heterocycles. The smallest absolute Gasteiger partial charge is 0.312 e. The van der Waals surface area contributed by atoms with Gasteiger partial charge in [-0.25, -0.2) is 4.79 Å². The molecule has 636 valence electrons. The van der Waals surface area contributed by atoms with Crippen molar-refractivity contribution in [2.24, 2.45) is 41.2 Å². The standard InChI is InChI=1S/C82H126Br2N12O18/c1-15-54(8)75(95(12)80(107)73(52(4)5)93-79(106)74(53(6)7)94(10)11)68(109-13)47-66(98)64-26-21-36-96(64)81(110-14)55(9)76(103)91-63(44-57-22-17-16-18-23-57)65(97)27-19-24-56-28-31-60(32-29-56)88-78(105)58(25-20-34-87-82(85)108)46-67(99)72(51(2)3)92-71(102)50-114-43-42-113-41-40-112-39-38-111-37-35-86-77(104)59-30-33-61(89-69(100)48-83)62(45-59)90-70(101)49-84/h16-18,22-23,28-33,45,51-55,58,63-64,68,72-75,81H,15,19-21,24-27,34-44,46-50H2,1-14H3,(H,86,104)(H,88,105)(H,89,100)(H,90,101)(H,91,103)(H,92,102)(H,93,106)(H3,85,87,108)/t54-,55-,58-,63+,64?,68+,72-,73+,74-,75-,81+/m0/s1. The number of carbonyl (C=O) groups is 12. The van der Waals surface area contributed by atoms with Crippen LogP contribution >= 0.6 is 31.9 Å². The molecule has 3 aromatic rings. The Morgan fingerprint density at radius 2 is 1.22 bits per heavy atom. The molecule has 10 N–H and O–H groups in total. The van der Waals surface area contributed by atoms with Gasteiger partial charge >= 0.3 is 6.03 Å². The molecule has 114 heavy (non-hydrogen) atoms. The first kappa shape index (κ1) is 98.7. The maximum atomic E-state index is 14.7. The van der Waals surface area contributed by atoms with Crippen LogP contribution in [0.1, 0.15) is 142 Å². The number of urea groups is 1. The summed E-state index contributed by atoms with van der Waals surface area (Å²) in [6, 6.07) is 16.0. The van der Waals surface area contributed by atoms with Crippen molar-refractivity contribution in [2.45, 2.75) is 182 Å². The molecule has 1 aliphatic heterocycles. The van der Waals surface area contributed by atoms with Crippen LogP contribution in [0.15, 0.2) is 72.8 Å². The van der Waals surface area contributed by atoms with Crippen LogP contribution in [0.3, 0.4) is 0 Å². The van der Waals surface area contributed by atoms with Crippen molar-refractivity contribution in [2.75, 3.05) is 134 Å². The second kappa shape index (κ2) is 52.8. The topological polar surface area (TPSA) is 392 Å². The summed E-state index contributed by atoms with van der Waals surface area (Å²) in [6.45, 7) is 18.9. The Morgan fingerprint density at radius 1 is 0.605 bits per heavy atom. The third kappa shape index (κ3) is 33.9. The number of rotatable bonds is 56. The van der Waals surface area contributed by atoms with Crippen molar-refractivity contribution in [3.05, 3.63) is 89.5 Å². The fraction of sp³-hybridized carbons (Fsp3) is 0.634. The monoisotopic (exact) mass is 1720 g/mol. The zero-order valence-corrected chi connectivity index (χ0v) is 72.2. The second-order valence-corrected chi connectivity index (χ2v) is 31.2. The summed E-state index contributed by atoms with van der Waals surface area (Å²) < 4.78 is 34.4. The van der Waals surface area contributed by atoms with E-state index in [9.17, 15) is 57.5 Å². The van der Waals surface area contributed by atoms with E-state index < -0.39 is 90.1 Å². The molecule has 0 spiro atoms. The third-order valence-electron chi connectivity index (χ3n) is 20.1. The van der Waals surface area contributed by atoms with Gasteiger partial charge in [0.25, 0.3) is 5.91 Å². The molecule has 3 aromatic carbocycles. The van der Waals surface area contributed by atoms with Crippen molar-refractivity contribution in [1.29, 1.82) is 0 Å². The van der Waals surface area contributed by atoms with E-state index in [0.29, 0.717) is 56.4 Å². The highest BCUT2D eigenvalue weighted by Crippen LogP contribution is 2.31. The van der Waals surface area contributed by atoms with E-state index in [1.165, 1.54) is 25.3 Å². The molecule has 1 fully saturated rings. The molecule has 0 aromatic heterocycles. The lowest BCUT2D eigenvalue weighted by Crippen LogP contribution is -2.59. The maximum absolute atomic E-state index is 14.7. The van der Waals surface area contributed by atoms with Gasteiger partial charge in [0.05, 0.1) is 111 Å². The summed E-state index contributed by atoms with van der Waals surface area (Å²) in [5, 5.41) is 22.4. The molecule has 1 heterocycles. The van der Waals surface area contributed by atoms with Crippen LogP contribution in [0, 0.1) is 35.5 Å². The number of amides is 10. The molecule has 0 aliphatic carbocycles. The number of aryl methyl sites for hydroxylation is 1. The Hall–Kier alpha value is -7.66. The number of hydrogen-bond donors (Lipinski definition) is 9. The number of Topliss-reactive ketones (excluding diaryl/α,β-unsaturated/α-hetero) is 3. The fourth-order valence-electron chi connectivity index (χ4n) is 13.9. The number of nitrogens with zero attached hydrogens (tertiary/aromatic N) is 3. The predicted octanol–water partition coefficient (Wildman–Crippen LogP) is 7.22. The van der Waals surface area contributed by atoms with Gasteiger partial charge in [0.2, 0.25) is 41.4 Å². The van der Waals surface area contributed by atoms with Gasteiger partial charge in [-0.15, -0.1) is 0 Å². The summed E-state index contributed by atoms with van der Waals surface area (Å²) in [6.07, 6.45) is 1.88. The molecule has 1 unspecified atom stereocenters. The van der Waals surface area contributed by atoms with E-state index in [-0.39, 0.29) is 185 Å². The molecule has 0 radical (unpaired) electrons. The van der Waals surface area contributed by atoms with Gasteiger partial charge in [-0.05, 0) is 131 Å². The van der Waals surface area contributed by atoms with E-state index in [1.807, 2.05) is 108 Å². The Balaban J connectivity index is 1.27. The highest BCUT2D eigenvalue weighted by atomic mass is 79.9. The lowest BCUT2D eigenvalue weighted by Gasteiger charge is -2.41. The molecule has 1 aliphatic rings. The third-order valence-corrected chi connectivity index (χ3v) is 21.1. The number of anilines is 3. The number of nitrogens with two attached hydrogens (primary N) is 1. The van der Waals surface area contributed by atoms with Gasteiger partial charge in [0, 0.05) is 77.3 Å². The largest absolute Gasteiger partial charge is 0.379 e. The number of benzene rings is 3. The molecule has 4 rings (SSSR count). The van der Waals surface area contributed by atoms with Crippen LogP contribution in [0.2, 0.25) is 0 Å². The fourth-order valence-corrected chi connectivity index (χ4v) is 14.2. The SMILES string of the molecule is CC[C@H](C)[C@@H]([C@@H](CC(=O)C1CCCN1[C@H](OC)[C@@H](C)C(=O)N[C@H](Cc1ccccc1)C(=O)CCCc1ccc(NC(=O)[C@@H](CCCNC(N)=O)CC(=O)[C@@H](NC(=O)COCCOCCOCCOCCNC(=O)c2ccc(NC(=O)CBr)c(NC(=O)CBr)c2)C(C)C)cc1)OC)N(C)C(=O)[C@H](NC(=O)[C@H](C(C)C)N(C)C)C(C)C. The molecular weight excluding hydrogens is 1600 g/mol. The first-order chi connectivity index (χ1) is 54.3. The van der Waals surface area contributed by atoms with Crippen LogP contribution in [0.25, 0.3) is 0 Å².